The van der Waals surface area contributed by atoms with Crippen molar-refractivity contribution < 1.29 is 9.90 Å². The highest BCUT2D eigenvalue weighted by atomic mass is 35.5. The predicted octanol–water partition coefficient (Wildman–Crippen LogP) is 4.24. The third kappa shape index (κ3) is 3.74. The standard InChI is InChI=1S/C15H16ClNO2S/c1-10(15(18)19)13-5-4-11(9-14(13)16)17-7-6-12-3-2-8-20-12/h2-5,8-10,17H,6-7H2,1H3,(H,18,19). The van der Waals surface area contributed by atoms with Crippen LogP contribution in [0.5, 0.6) is 0 Å². The van der Waals surface area contributed by atoms with Crippen molar-refractivity contribution in [3.8, 4) is 0 Å². The summed E-state index contributed by atoms with van der Waals surface area (Å²) in [5, 5.41) is 14.8. The monoisotopic (exact) mass is 309 g/mol. The number of rotatable bonds is 6. The Morgan fingerprint density at radius 2 is 2.25 bits per heavy atom. The number of halogens is 1. The van der Waals surface area contributed by atoms with Crippen molar-refractivity contribution in [3.05, 3.63) is 51.2 Å². The van der Waals surface area contributed by atoms with E-state index in [2.05, 4.69) is 16.8 Å². The first-order valence-corrected chi connectivity index (χ1v) is 7.62. The molecule has 0 aliphatic carbocycles. The van der Waals surface area contributed by atoms with Gasteiger partial charge >= 0.3 is 5.97 Å². The number of hydrogen-bond donors (Lipinski definition) is 2. The maximum absolute atomic E-state index is 11.0. The Labute approximate surface area is 127 Å². The maximum Gasteiger partial charge on any atom is 0.310 e. The summed E-state index contributed by atoms with van der Waals surface area (Å²) in [6.07, 6.45) is 0.961. The molecule has 1 aromatic heterocycles. The predicted molar refractivity (Wildman–Crippen MR) is 84.0 cm³/mol. The van der Waals surface area contributed by atoms with E-state index in [1.54, 1.807) is 30.4 Å². The van der Waals surface area contributed by atoms with E-state index in [1.165, 1.54) is 4.88 Å². The Balaban J connectivity index is 1.96. The molecule has 5 heteroatoms. The highest BCUT2D eigenvalue weighted by Gasteiger charge is 2.16. The summed E-state index contributed by atoms with van der Waals surface area (Å²) < 4.78 is 0. The Morgan fingerprint density at radius 1 is 1.45 bits per heavy atom. The summed E-state index contributed by atoms with van der Waals surface area (Å²) in [6.45, 7) is 2.46. The fourth-order valence-corrected chi connectivity index (χ4v) is 2.96. The molecule has 0 spiro atoms. The number of anilines is 1. The topological polar surface area (TPSA) is 49.3 Å². The minimum atomic E-state index is -0.870. The van der Waals surface area contributed by atoms with Crippen LogP contribution in [0.15, 0.2) is 35.7 Å². The van der Waals surface area contributed by atoms with Gasteiger partial charge in [0.1, 0.15) is 0 Å². The van der Waals surface area contributed by atoms with Gasteiger partial charge in [0.2, 0.25) is 0 Å². The Morgan fingerprint density at radius 3 is 2.85 bits per heavy atom. The van der Waals surface area contributed by atoms with Crippen LogP contribution in [-0.2, 0) is 11.2 Å². The molecule has 0 amide bonds. The molecule has 0 bridgehead atoms. The van der Waals surface area contributed by atoms with Gasteiger partial charge in [-0.15, -0.1) is 11.3 Å². The molecule has 1 heterocycles. The average Bonchev–Trinajstić information content (AvgIpc) is 2.91. The largest absolute Gasteiger partial charge is 0.481 e. The number of carboxylic acid groups (broad SMARTS) is 1. The van der Waals surface area contributed by atoms with Gasteiger partial charge in [-0.1, -0.05) is 23.7 Å². The quantitative estimate of drug-likeness (QED) is 0.839. The Hall–Kier alpha value is -1.52. The molecule has 1 atom stereocenters. The molecule has 2 rings (SSSR count). The second kappa shape index (κ2) is 6.77. The third-order valence-corrected chi connectivity index (χ3v) is 4.38. The summed E-state index contributed by atoms with van der Waals surface area (Å²) >= 11 is 7.88. The number of carboxylic acids is 1. The van der Waals surface area contributed by atoms with Gasteiger partial charge < -0.3 is 10.4 Å². The molecule has 0 fully saturated rings. The number of aliphatic carboxylic acids is 1. The van der Waals surface area contributed by atoms with Crippen molar-refractivity contribution >= 4 is 34.6 Å². The maximum atomic E-state index is 11.0. The molecule has 2 aromatic rings. The van der Waals surface area contributed by atoms with E-state index in [9.17, 15) is 4.79 Å². The lowest BCUT2D eigenvalue weighted by Gasteiger charge is -2.12. The van der Waals surface area contributed by atoms with Gasteiger partial charge in [-0.25, -0.2) is 0 Å². The first-order valence-electron chi connectivity index (χ1n) is 6.36. The number of carbonyl (C=O) groups is 1. The first kappa shape index (κ1) is 14.9. The molecule has 3 nitrogen and oxygen atoms in total. The van der Waals surface area contributed by atoms with Crippen LogP contribution >= 0.6 is 22.9 Å². The Bertz CT molecular complexity index is 584. The molecule has 0 saturated carbocycles. The molecule has 20 heavy (non-hydrogen) atoms. The van der Waals surface area contributed by atoms with E-state index in [4.69, 9.17) is 16.7 Å². The van der Waals surface area contributed by atoms with E-state index in [0.29, 0.717) is 10.6 Å². The molecule has 1 unspecified atom stereocenters. The normalized spacial score (nSPS) is 12.1. The molecule has 0 saturated heterocycles. The Kier molecular flexibility index (Phi) is 5.04. The summed E-state index contributed by atoms with van der Waals surface area (Å²) in [6, 6.07) is 9.57. The zero-order valence-corrected chi connectivity index (χ0v) is 12.7. The van der Waals surface area contributed by atoms with Gasteiger partial charge in [-0.2, -0.15) is 0 Å². The van der Waals surface area contributed by atoms with E-state index in [-0.39, 0.29) is 0 Å². The van der Waals surface area contributed by atoms with Crippen molar-refractivity contribution in [2.24, 2.45) is 0 Å². The van der Waals surface area contributed by atoms with Gasteiger partial charge in [0.25, 0.3) is 0 Å². The van der Waals surface area contributed by atoms with Gasteiger partial charge in [0, 0.05) is 22.1 Å². The van der Waals surface area contributed by atoms with Crippen molar-refractivity contribution in [2.45, 2.75) is 19.3 Å². The van der Waals surface area contributed by atoms with Gasteiger partial charge in [0.15, 0.2) is 0 Å². The number of benzene rings is 1. The van der Waals surface area contributed by atoms with Crippen LogP contribution in [-0.4, -0.2) is 17.6 Å². The minimum absolute atomic E-state index is 0.487. The lowest BCUT2D eigenvalue weighted by atomic mass is 10.0. The summed E-state index contributed by atoms with van der Waals surface area (Å²) in [4.78, 5) is 12.3. The van der Waals surface area contributed by atoms with Crippen molar-refractivity contribution in [2.75, 3.05) is 11.9 Å². The molecule has 0 aliphatic heterocycles. The second-order valence-electron chi connectivity index (χ2n) is 4.55. The van der Waals surface area contributed by atoms with Crippen LogP contribution in [0.4, 0.5) is 5.69 Å². The van der Waals surface area contributed by atoms with Crippen LogP contribution in [0, 0.1) is 0 Å². The summed E-state index contributed by atoms with van der Waals surface area (Å²) in [5.41, 5.74) is 1.55. The fourth-order valence-electron chi connectivity index (χ4n) is 1.91. The smallest absolute Gasteiger partial charge is 0.310 e. The summed E-state index contributed by atoms with van der Waals surface area (Å²) in [7, 11) is 0. The van der Waals surface area contributed by atoms with Crippen LogP contribution in [0.2, 0.25) is 5.02 Å². The van der Waals surface area contributed by atoms with E-state index < -0.39 is 11.9 Å². The molecular weight excluding hydrogens is 294 g/mol. The third-order valence-electron chi connectivity index (χ3n) is 3.12. The van der Waals surface area contributed by atoms with Crippen LogP contribution in [0.1, 0.15) is 23.3 Å². The first-order chi connectivity index (χ1) is 9.58. The van der Waals surface area contributed by atoms with E-state index in [1.807, 2.05) is 12.1 Å². The second-order valence-corrected chi connectivity index (χ2v) is 5.99. The highest BCUT2D eigenvalue weighted by Crippen LogP contribution is 2.27. The molecule has 1 aromatic carbocycles. The van der Waals surface area contributed by atoms with E-state index >= 15 is 0 Å². The lowest BCUT2D eigenvalue weighted by Crippen LogP contribution is -2.09. The molecule has 0 radical (unpaired) electrons. The van der Waals surface area contributed by atoms with Crippen LogP contribution in [0.25, 0.3) is 0 Å². The molecular formula is C15H16ClNO2S. The lowest BCUT2D eigenvalue weighted by molar-refractivity contribution is -0.138. The van der Waals surface area contributed by atoms with Gasteiger partial charge in [-0.05, 0) is 42.5 Å². The average molecular weight is 310 g/mol. The van der Waals surface area contributed by atoms with Crippen LogP contribution < -0.4 is 5.32 Å². The zero-order chi connectivity index (χ0) is 14.5. The number of hydrogen-bond acceptors (Lipinski definition) is 3. The van der Waals surface area contributed by atoms with Crippen molar-refractivity contribution in [1.82, 2.24) is 0 Å². The molecule has 106 valence electrons. The molecule has 0 aliphatic rings. The SMILES string of the molecule is CC(C(=O)O)c1ccc(NCCc2cccs2)cc1Cl. The van der Waals surface area contributed by atoms with Gasteiger partial charge in [-0.3, -0.25) is 4.79 Å². The molecule has 2 N–H and O–H groups in total. The zero-order valence-electron chi connectivity index (χ0n) is 11.1. The summed E-state index contributed by atoms with van der Waals surface area (Å²) in [5.74, 6) is -1.46. The van der Waals surface area contributed by atoms with Crippen molar-refractivity contribution in [1.29, 1.82) is 0 Å². The number of nitrogens with one attached hydrogen (secondary N) is 1. The van der Waals surface area contributed by atoms with Crippen molar-refractivity contribution in [3.63, 3.8) is 0 Å². The highest BCUT2D eigenvalue weighted by molar-refractivity contribution is 7.09. The number of thiophene rings is 1. The fraction of sp³-hybridized carbons (Fsp3) is 0.267. The van der Waals surface area contributed by atoms with E-state index in [0.717, 1.165) is 18.7 Å². The van der Waals surface area contributed by atoms with Crippen LogP contribution in [0.3, 0.4) is 0 Å². The van der Waals surface area contributed by atoms with Gasteiger partial charge in [0.05, 0.1) is 5.92 Å². The minimum Gasteiger partial charge on any atom is -0.481 e.